The van der Waals surface area contributed by atoms with Crippen LogP contribution in [0.4, 0.5) is 0 Å². The van der Waals surface area contributed by atoms with Crippen molar-refractivity contribution in [3.05, 3.63) is 12.2 Å². The van der Waals surface area contributed by atoms with Crippen LogP contribution < -0.4 is 5.73 Å². The second kappa shape index (κ2) is 4.46. The number of allylic oxidation sites excluding steroid dienone is 2. The number of carbonyl (C=O) groups is 1. The van der Waals surface area contributed by atoms with Crippen molar-refractivity contribution in [1.29, 1.82) is 0 Å². The highest BCUT2D eigenvalue weighted by Crippen LogP contribution is 2.47. The van der Waals surface area contributed by atoms with E-state index in [-0.39, 0.29) is 28.8 Å². The van der Waals surface area contributed by atoms with Gasteiger partial charge in [0, 0.05) is 12.0 Å². The standard InChI is InChI=1S/C15H25NO2/c1-10-11(16)5-8-15(4)13(18-15)9-14(2,3)7-6-12(10)17/h6-7,10-11,13H,5,8-9,16H2,1-4H3/b7-6+/t10-,11-,13+,15-/m1/s1. The van der Waals surface area contributed by atoms with Crippen molar-refractivity contribution in [2.45, 2.75) is 64.7 Å². The van der Waals surface area contributed by atoms with Crippen LogP contribution in [0.1, 0.15) is 47.0 Å². The Morgan fingerprint density at radius 1 is 1.39 bits per heavy atom. The Morgan fingerprint density at radius 2 is 2.06 bits per heavy atom. The van der Waals surface area contributed by atoms with Gasteiger partial charge < -0.3 is 10.5 Å². The van der Waals surface area contributed by atoms with E-state index in [1.807, 2.05) is 13.0 Å². The molecular weight excluding hydrogens is 226 g/mol. The maximum absolute atomic E-state index is 12.0. The summed E-state index contributed by atoms with van der Waals surface area (Å²) in [5, 5.41) is 0. The average Bonchev–Trinajstić information content (AvgIpc) is 2.91. The van der Waals surface area contributed by atoms with Gasteiger partial charge in [-0.15, -0.1) is 0 Å². The molecule has 1 heterocycles. The van der Waals surface area contributed by atoms with Gasteiger partial charge in [0.1, 0.15) is 0 Å². The van der Waals surface area contributed by atoms with Crippen LogP contribution in [0.3, 0.4) is 0 Å². The Balaban J connectivity index is 2.19. The van der Waals surface area contributed by atoms with Crippen LogP contribution in [0.25, 0.3) is 0 Å². The molecular formula is C15H25NO2. The zero-order valence-electron chi connectivity index (χ0n) is 11.9. The molecule has 1 saturated heterocycles. The molecule has 0 radical (unpaired) electrons. The third-order valence-corrected chi connectivity index (χ3v) is 4.51. The fourth-order valence-corrected chi connectivity index (χ4v) is 2.69. The number of fused-ring (bicyclic) bond motifs is 1. The molecule has 1 aliphatic heterocycles. The van der Waals surface area contributed by atoms with Gasteiger partial charge in [0.25, 0.3) is 0 Å². The largest absolute Gasteiger partial charge is 0.366 e. The van der Waals surface area contributed by atoms with Crippen LogP contribution in [0.15, 0.2) is 12.2 Å². The lowest BCUT2D eigenvalue weighted by Gasteiger charge is -2.19. The van der Waals surface area contributed by atoms with E-state index in [1.165, 1.54) is 0 Å². The number of ketones is 1. The van der Waals surface area contributed by atoms with E-state index in [2.05, 4.69) is 20.8 Å². The molecule has 1 aliphatic carbocycles. The summed E-state index contributed by atoms with van der Waals surface area (Å²) in [5.74, 6) is 0.0492. The molecule has 2 N–H and O–H groups in total. The van der Waals surface area contributed by atoms with Gasteiger partial charge in [0.15, 0.2) is 5.78 Å². The van der Waals surface area contributed by atoms with E-state index in [0.29, 0.717) is 6.10 Å². The molecule has 0 aromatic carbocycles. The highest BCUT2D eigenvalue weighted by Gasteiger charge is 2.53. The maximum Gasteiger partial charge on any atom is 0.159 e. The molecule has 0 aromatic rings. The molecule has 0 bridgehead atoms. The van der Waals surface area contributed by atoms with Crippen molar-refractivity contribution in [3.8, 4) is 0 Å². The van der Waals surface area contributed by atoms with Crippen LogP contribution in [-0.4, -0.2) is 23.5 Å². The first-order chi connectivity index (χ1) is 8.23. The first kappa shape index (κ1) is 13.8. The number of carbonyl (C=O) groups excluding carboxylic acids is 1. The Kier molecular flexibility index (Phi) is 3.41. The van der Waals surface area contributed by atoms with Crippen LogP contribution in [0.5, 0.6) is 0 Å². The van der Waals surface area contributed by atoms with E-state index in [9.17, 15) is 4.79 Å². The molecule has 0 spiro atoms. The van der Waals surface area contributed by atoms with Gasteiger partial charge in [-0.1, -0.05) is 26.8 Å². The quantitative estimate of drug-likeness (QED) is 0.673. The summed E-state index contributed by atoms with van der Waals surface area (Å²) in [6, 6.07) is -0.0648. The first-order valence-corrected chi connectivity index (χ1v) is 6.90. The fourth-order valence-electron chi connectivity index (χ4n) is 2.69. The molecule has 3 heteroatoms. The lowest BCUT2D eigenvalue weighted by molar-refractivity contribution is -0.118. The molecule has 4 atom stereocenters. The van der Waals surface area contributed by atoms with Gasteiger partial charge in [0.2, 0.25) is 0 Å². The topological polar surface area (TPSA) is 55.6 Å². The van der Waals surface area contributed by atoms with E-state index in [4.69, 9.17) is 10.5 Å². The summed E-state index contributed by atoms with van der Waals surface area (Å²) in [6.07, 6.45) is 6.83. The number of hydrogen-bond acceptors (Lipinski definition) is 3. The summed E-state index contributed by atoms with van der Waals surface area (Å²) in [7, 11) is 0. The highest BCUT2D eigenvalue weighted by atomic mass is 16.6. The second-order valence-electron chi connectivity index (χ2n) is 6.84. The van der Waals surface area contributed by atoms with Crippen molar-refractivity contribution in [3.63, 3.8) is 0 Å². The summed E-state index contributed by atoms with van der Waals surface area (Å²) in [5.41, 5.74) is 6.09. The number of nitrogens with two attached hydrogens (primary N) is 1. The fraction of sp³-hybridized carbons (Fsp3) is 0.800. The Hall–Kier alpha value is -0.670. The number of epoxide rings is 1. The van der Waals surface area contributed by atoms with Crippen molar-refractivity contribution in [2.24, 2.45) is 17.1 Å². The van der Waals surface area contributed by atoms with Crippen molar-refractivity contribution in [2.75, 3.05) is 0 Å². The molecule has 0 aromatic heterocycles. The SMILES string of the molecule is C[C@H]1C(=O)/C=C/C(C)(C)C[C@@H]2O[C@]2(C)CC[C@H]1N. The monoisotopic (exact) mass is 251 g/mol. The van der Waals surface area contributed by atoms with Crippen LogP contribution in [0, 0.1) is 11.3 Å². The number of hydrogen-bond donors (Lipinski definition) is 1. The van der Waals surface area contributed by atoms with Crippen LogP contribution in [0.2, 0.25) is 0 Å². The third kappa shape index (κ3) is 2.83. The van der Waals surface area contributed by atoms with Gasteiger partial charge in [-0.2, -0.15) is 0 Å². The lowest BCUT2D eigenvalue weighted by Crippen LogP contribution is -2.34. The maximum atomic E-state index is 12.0. The molecule has 102 valence electrons. The zero-order valence-corrected chi connectivity index (χ0v) is 11.9. The normalized spacial score (nSPS) is 45.8. The van der Waals surface area contributed by atoms with Crippen molar-refractivity contribution >= 4 is 5.78 Å². The zero-order chi connectivity index (χ0) is 13.6. The van der Waals surface area contributed by atoms with Crippen LogP contribution in [-0.2, 0) is 9.53 Å². The van der Waals surface area contributed by atoms with E-state index in [0.717, 1.165) is 19.3 Å². The predicted octanol–water partition coefficient (Wildman–Crippen LogP) is 2.44. The Labute approximate surface area is 110 Å². The summed E-state index contributed by atoms with van der Waals surface area (Å²) < 4.78 is 5.85. The third-order valence-electron chi connectivity index (χ3n) is 4.51. The van der Waals surface area contributed by atoms with E-state index < -0.39 is 0 Å². The molecule has 1 fully saturated rings. The number of rotatable bonds is 0. The Bertz CT molecular complexity index is 375. The predicted molar refractivity (Wildman–Crippen MR) is 72.2 cm³/mol. The van der Waals surface area contributed by atoms with Crippen LogP contribution >= 0.6 is 0 Å². The molecule has 2 rings (SSSR count). The summed E-state index contributed by atoms with van der Waals surface area (Å²) in [4.78, 5) is 12.0. The highest BCUT2D eigenvalue weighted by molar-refractivity contribution is 5.92. The summed E-state index contributed by atoms with van der Waals surface area (Å²) >= 11 is 0. The minimum Gasteiger partial charge on any atom is -0.366 e. The Morgan fingerprint density at radius 3 is 2.72 bits per heavy atom. The van der Waals surface area contributed by atoms with Gasteiger partial charge in [-0.25, -0.2) is 0 Å². The second-order valence-corrected chi connectivity index (χ2v) is 6.84. The molecule has 0 unspecified atom stereocenters. The minimum absolute atomic E-state index is 0.00619. The molecule has 0 saturated carbocycles. The molecule has 2 aliphatic rings. The lowest BCUT2D eigenvalue weighted by atomic mass is 9.84. The first-order valence-electron chi connectivity index (χ1n) is 6.90. The van der Waals surface area contributed by atoms with Gasteiger partial charge >= 0.3 is 0 Å². The number of ether oxygens (including phenoxy) is 1. The van der Waals surface area contributed by atoms with Crippen molar-refractivity contribution < 1.29 is 9.53 Å². The van der Waals surface area contributed by atoms with E-state index in [1.54, 1.807) is 6.08 Å². The average molecular weight is 251 g/mol. The summed E-state index contributed by atoms with van der Waals surface area (Å²) in [6.45, 7) is 8.40. The van der Waals surface area contributed by atoms with Gasteiger partial charge in [0.05, 0.1) is 11.7 Å². The molecule has 0 amide bonds. The van der Waals surface area contributed by atoms with Gasteiger partial charge in [-0.05, 0) is 37.7 Å². The molecule has 18 heavy (non-hydrogen) atoms. The minimum atomic E-state index is -0.101. The van der Waals surface area contributed by atoms with E-state index >= 15 is 0 Å². The van der Waals surface area contributed by atoms with Gasteiger partial charge in [-0.3, -0.25) is 4.79 Å². The molecule has 3 nitrogen and oxygen atoms in total. The smallest absolute Gasteiger partial charge is 0.159 e. The van der Waals surface area contributed by atoms with Crippen molar-refractivity contribution in [1.82, 2.24) is 0 Å².